The Bertz CT molecular complexity index is 594. The summed E-state index contributed by atoms with van der Waals surface area (Å²) in [5.74, 6) is 1.53. The highest BCUT2D eigenvalue weighted by molar-refractivity contribution is 9.09. The minimum Gasteiger partial charge on any atom is -0.229 e. The van der Waals surface area contributed by atoms with Gasteiger partial charge in [0.1, 0.15) is 0 Å². The predicted octanol–water partition coefficient (Wildman–Crippen LogP) is 3.16. The van der Waals surface area contributed by atoms with Gasteiger partial charge in [0.15, 0.2) is 9.84 Å². The van der Waals surface area contributed by atoms with Gasteiger partial charge in [-0.1, -0.05) is 34.1 Å². The molecule has 0 saturated carbocycles. The van der Waals surface area contributed by atoms with E-state index < -0.39 is 9.84 Å². The lowest BCUT2D eigenvalue weighted by Crippen LogP contribution is -2.20. The first kappa shape index (κ1) is 14.6. The number of halogens is 1. The summed E-state index contributed by atoms with van der Waals surface area (Å²) in [7, 11) is -2.77. The van der Waals surface area contributed by atoms with E-state index in [2.05, 4.69) is 34.1 Å². The molecule has 0 spiro atoms. The van der Waals surface area contributed by atoms with Crippen molar-refractivity contribution in [1.82, 2.24) is 0 Å². The summed E-state index contributed by atoms with van der Waals surface area (Å²) in [6, 6.07) is 6.86. The van der Waals surface area contributed by atoms with Crippen LogP contribution in [0.2, 0.25) is 0 Å². The van der Waals surface area contributed by atoms with Gasteiger partial charge in [0, 0.05) is 5.33 Å². The Morgan fingerprint density at radius 3 is 2.75 bits per heavy atom. The van der Waals surface area contributed by atoms with E-state index >= 15 is 0 Å². The van der Waals surface area contributed by atoms with E-state index in [0.29, 0.717) is 23.3 Å². The van der Waals surface area contributed by atoms with Crippen LogP contribution in [0, 0.1) is 11.8 Å². The number of hydrogen-bond acceptors (Lipinski definition) is 2. The number of benzene rings is 1. The maximum atomic E-state index is 11.7. The van der Waals surface area contributed by atoms with Gasteiger partial charge in [0.25, 0.3) is 0 Å². The van der Waals surface area contributed by atoms with Crippen molar-refractivity contribution in [3.8, 4) is 0 Å². The lowest BCUT2D eigenvalue weighted by molar-refractivity contribution is 0.402. The van der Waals surface area contributed by atoms with Crippen LogP contribution < -0.4 is 0 Å². The fourth-order valence-corrected chi connectivity index (χ4v) is 6.27. The monoisotopic (exact) mass is 356 g/mol. The van der Waals surface area contributed by atoms with Crippen molar-refractivity contribution in [3.05, 3.63) is 34.9 Å². The summed E-state index contributed by atoms with van der Waals surface area (Å²) in [6.45, 7) is 0. The fourth-order valence-electron chi connectivity index (χ4n) is 3.60. The van der Waals surface area contributed by atoms with Gasteiger partial charge in [-0.15, -0.1) is 0 Å². The molecule has 1 aromatic carbocycles. The zero-order chi connectivity index (χ0) is 14.2. The second-order valence-corrected chi connectivity index (χ2v) is 9.11. The SMILES string of the molecule is O=S1(=O)CCC(C(CBr)Cc2ccc3c(c2)CCC3)C1. The van der Waals surface area contributed by atoms with E-state index in [-0.39, 0.29) is 0 Å². The smallest absolute Gasteiger partial charge is 0.150 e. The molecule has 2 nitrogen and oxygen atoms in total. The molecule has 1 saturated heterocycles. The third-order valence-corrected chi connectivity index (χ3v) is 7.42. The molecule has 1 heterocycles. The molecule has 2 atom stereocenters. The number of rotatable bonds is 4. The summed E-state index contributed by atoms with van der Waals surface area (Å²) in [6.07, 6.45) is 5.54. The van der Waals surface area contributed by atoms with E-state index in [4.69, 9.17) is 0 Å². The van der Waals surface area contributed by atoms with Crippen LogP contribution in [0.25, 0.3) is 0 Å². The second-order valence-electron chi connectivity index (χ2n) is 6.24. The minimum atomic E-state index is -2.77. The predicted molar refractivity (Wildman–Crippen MR) is 86.2 cm³/mol. The standard InChI is InChI=1S/C16H21BrO2S/c17-10-16(15-6-7-20(18,19)11-15)9-12-4-5-13-2-1-3-14(13)8-12/h4-5,8,15-16H,1-3,6-7,9-11H2. The van der Waals surface area contributed by atoms with Crippen LogP contribution in [0.3, 0.4) is 0 Å². The third kappa shape index (κ3) is 3.11. The molecule has 0 N–H and O–H groups in total. The Hall–Kier alpha value is -0.350. The summed E-state index contributed by atoms with van der Waals surface area (Å²) in [4.78, 5) is 0. The molecule has 1 aliphatic heterocycles. The van der Waals surface area contributed by atoms with Crippen molar-refractivity contribution in [2.75, 3.05) is 16.8 Å². The highest BCUT2D eigenvalue weighted by Crippen LogP contribution is 2.31. The average molecular weight is 357 g/mol. The lowest BCUT2D eigenvalue weighted by Gasteiger charge is -2.20. The Morgan fingerprint density at radius 1 is 1.25 bits per heavy atom. The van der Waals surface area contributed by atoms with Crippen LogP contribution in [0.1, 0.15) is 29.5 Å². The molecule has 2 unspecified atom stereocenters. The van der Waals surface area contributed by atoms with Gasteiger partial charge in [-0.25, -0.2) is 8.42 Å². The molecular formula is C16H21BrO2S. The Labute approximate surface area is 130 Å². The number of alkyl halides is 1. The Morgan fingerprint density at radius 2 is 2.05 bits per heavy atom. The van der Waals surface area contributed by atoms with Crippen molar-refractivity contribution in [3.63, 3.8) is 0 Å². The molecule has 1 aromatic rings. The van der Waals surface area contributed by atoms with Crippen LogP contribution in [0.4, 0.5) is 0 Å². The normalized spacial score (nSPS) is 25.6. The van der Waals surface area contributed by atoms with Gasteiger partial charge < -0.3 is 0 Å². The summed E-state index contributed by atoms with van der Waals surface area (Å²) < 4.78 is 23.3. The van der Waals surface area contributed by atoms with Gasteiger partial charge in [0.05, 0.1) is 11.5 Å². The maximum Gasteiger partial charge on any atom is 0.150 e. The number of sulfone groups is 1. The first-order valence-electron chi connectivity index (χ1n) is 7.44. The van der Waals surface area contributed by atoms with E-state index in [1.54, 1.807) is 0 Å². The van der Waals surface area contributed by atoms with Crippen molar-refractivity contribution in [1.29, 1.82) is 0 Å². The van der Waals surface area contributed by atoms with E-state index in [0.717, 1.165) is 18.2 Å². The number of aryl methyl sites for hydroxylation is 2. The number of hydrogen-bond donors (Lipinski definition) is 0. The molecule has 0 radical (unpaired) electrons. The quantitative estimate of drug-likeness (QED) is 0.776. The van der Waals surface area contributed by atoms with Crippen LogP contribution in [-0.2, 0) is 29.1 Å². The molecule has 0 amide bonds. The average Bonchev–Trinajstić information content (AvgIpc) is 3.01. The Kier molecular flexibility index (Phi) is 4.23. The van der Waals surface area contributed by atoms with Crippen molar-refractivity contribution in [2.24, 2.45) is 11.8 Å². The highest BCUT2D eigenvalue weighted by Gasteiger charge is 2.33. The summed E-state index contributed by atoms with van der Waals surface area (Å²) in [5, 5.41) is 0.893. The van der Waals surface area contributed by atoms with Gasteiger partial charge in [0.2, 0.25) is 0 Å². The lowest BCUT2D eigenvalue weighted by atomic mass is 9.87. The van der Waals surface area contributed by atoms with Crippen LogP contribution >= 0.6 is 15.9 Å². The molecule has 20 heavy (non-hydrogen) atoms. The number of fused-ring (bicyclic) bond motifs is 1. The maximum absolute atomic E-state index is 11.7. The van der Waals surface area contributed by atoms with Crippen LogP contribution in [0.5, 0.6) is 0 Å². The molecule has 0 bridgehead atoms. The van der Waals surface area contributed by atoms with Crippen molar-refractivity contribution < 1.29 is 8.42 Å². The van der Waals surface area contributed by atoms with Gasteiger partial charge >= 0.3 is 0 Å². The zero-order valence-electron chi connectivity index (χ0n) is 11.6. The van der Waals surface area contributed by atoms with E-state index in [1.807, 2.05) is 0 Å². The van der Waals surface area contributed by atoms with E-state index in [1.165, 1.54) is 36.0 Å². The molecule has 4 heteroatoms. The van der Waals surface area contributed by atoms with Gasteiger partial charge in [-0.3, -0.25) is 0 Å². The zero-order valence-corrected chi connectivity index (χ0v) is 14.0. The highest BCUT2D eigenvalue weighted by atomic mass is 79.9. The van der Waals surface area contributed by atoms with Crippen molar-refractivity contribution in [2.45, 2.75) is 32.1 Å². The second kappa shape index (κ2) is 5.80. The molecule has 110 valence electrons. The minimum absolute atomic E-state index is 0.327. The molecule has 1 fully saturated rings. The largest absolute Gasteiger partial charge is 0.229 e. The Balaban J connectivity index is 1.72. The van der Waals surface area contributed by atoms with Gasteiger partial charge in [-0.05, 0) is 60.6 Å². The topological polar surface area (TPSA) is 34.1 Å². The third-order valence-electron chi connectivity index (χ3n) is 4.79. The summed E-state index contributed by atoms with van der Waals surface area (Å²) >= 11 is 3.59. The molecule has 0 aromatic heterocycles. The van der Waals surface area contributed by atoms with Crippen molar-refractivity contribution >= 4 is 25.8 Å². The molecule has 1 aliphatic carbocycles. The van der Waals surface area contributed by atoms with Crippen LogP contribution in [-0.4, -0.2) is 25.3 Å². The molecule has 2 aliphatic rings. The first-order valence-corrected chi connectivity index (χ1v) is 10.4. The first-order chi connectivity index (χ1) is 9.57. The molecular weight excluding hydrogens is 336 g/mol. The summed E-state index contributed by atoms with van der Waals surface area (Å²) in [5.41, 5.74) is 4.39. The molecule has 3 rings (SSSR count). The van der Waals surface area contributed by atoms with Gasteiger partial charge in [-0.2, -0.15) is 0 Å². The van der Waals surface area contributed by atoms with Crippen LogP contribution in [0.15, 0.2) is 18.2 Å². The fraction of sp³-hybridized carbons (Fsp3) is 0.625. The van der Waals surface area contributed by atoms with E-state index in [9.17, 15) is 8.42 Å².